The van der Waals surface area contributed by atoms with Gasteiger partial charge in [0.05, 0.1) is 6.61 Å². The van der Waals surface area contributed by atoms with Crippen LogP contribution in [0.15, 0.2) is 54.6 Å². The summed E-state index contributed by atoms with van der Waals surface area (Å²) in [5.74, 6) is 0. The molecule has 4 heteroatoms. The molecule has 2 atom stereocenters. The zero-order chi connectivity index (χ0) is 15.4. The highest BCUT2D eigenvalue weighted by Gasteiger charge is 2.40. The number of nitrogens with one attached hydrogen (secondary N) is 1. The van der Waals surface area contributed by atoms with Crippen LogP contribution in [0.1, 0.15) is 11.1 Å². The largest absolute Gasteiger partial charge is 0.382 e. The minimum atomic E-state index is -1.11. The van der Waals surface area contributed by atoms with Crippen LogP contribution in [0.25, 0.3) is 0 Å². The summed E-state index contributed by atoms with van der Waals surface area (Å²) in [5.41, 5.74) is 0.660. The van der Waals surface area contributed by atoms with Gasteiger partial charge < -0.3 is 15.2 Å². The maximum atomic E-state index is 11.5. The van der Waals surface area contributed by atoms with E-state index in [0.29, 0.717) is 24.6 Å². The molecule has 0 saturated carbocycles. The van der Waals surface area contributed by atoms with Crippen LogP contribution in [-0.4, -0.2) is 30.9 Å². The van der Waals surface area contributed by atoms with E-state index in [-0.39, 0.29) is 6.10 Å². The molecule has 0 aliphatic carbocycles. The molecule has 0 radical (unpaired) electrons. The summed E-state index contributed by atoms with van der Waals surface area (Å²) in [5, 5.41) is 15.4. The molecule has 1 saturated heterocycles. The van der Waals surface area contributed by atoms with Crippen molar-refractivity contribution in [2.75, 3.05) is 19.7 Å². The van der Waals surface area contributed by atoms with Crippen LogP contribution >= 0.6 is 11.6 Å². The fourth-order valence-corrected chi connectivity index (χ4v) is 3.14. The Balaban J connectivity index is 1.97. The van der Waals surface area contributed by atoms with Gasteiger partial charge in [0.25, 0.3) is 0 Å². The van der Waals surface area contributed by atoms with E-state index >= 15 is 0 Å². The SMILES string of the molecule is O[C@](Cc1ccccc1Cl)(c1ccccc1)[C@@H]1CNCCO1. The quantitative estimate of drug-likeness (QED) is 0.911. The van der Waals surface area contributed by atoms with Crippen molar-refractivity contribution in [1.82, 2.24) is 5.32 Å². The van der Waals surface area contributed by atoms with Crippen molar-refractivity contribution in [3.05, 3.63) is 70.7 Å². The maximum absolute atomic E-state index is 11.5. The molecule has 1 aliphatic heterocycles. The predicted octanol–water partition coefficient (Wildman–Crippen LogP) is 2.76. The molecule has 0 amide bonds. The van der Waals surface area contributed by atoms with Crippen LogP contribution in [0.2, 0.25) is 5.02 Å². The zero-order valence-corrected chi connectivity index (χ0v) is 13.1. The van der Waals surface area contributed by atoms with Crippen molar-refractivity contribution >= 4 is 11.6 Å². The van der Waals surface area contributed by atoms with Gasteiger partial charge in [-0.25, -0.2) is 0 Å². The van der Waals surface area contributed by atoms with Gasteiger partial charge in [-0.1, -0.05) is 60.1 Å². The van der Waals surface area contributed by atoms with E-state index in [1.54, 1.807) is 0 Å². The van der Waals surface area contributed by atoms with Gasteiger partial charge in [0.1, 0.15) is 11.7 Å². The average molecular weight is 318 g/mol. The first-order valence-electron chi connectivity index (χ1n) is 7.54. The van der Waals surface area contributed by atoms with Crippen molar-refractivity contribution in [2.24, 2.45) is 0 Å². The summed E-state index contributed by atoms with van der Waals surface area (Å²) < 4.78 is 5.85. The molecule has 3 nitrogen and oxygen atoms in total. The van der Waals surface area contributed by atoms with Crippen molar-refractivity contribution in [2.45, 2.75) is 18.1 Å². The van der Waals surface area contributed by atoms with Gasteiger partial charge in [0.15, 0.2) is 0 Å². The number of halogens is 1. The third kappa shape index (κ3) is 3.18. The summed E-state index contributed by atoms with van der Waals surface area (Å²) in [7, 11) is 0. The molecule has 1 aliphatic rings. The van der Waals surface area contributed by atoms with E-state index in [9.17, 15) is 5.11 Å². The molecule has 0 aromatic heterocycles. The lowest BCUT2D eigenvalue weighted by Gasteiger charge is -2.39. The molecule has 2 aromatic rings. The van der Waals surface area contributed by atoms with Crippen LogP contribution in [0, 0.1) is 0 Å². The lowest BCUT2D eigenvalue weighted by Crippen LogP contribution is -2.52. The third-order valence-electron chi connectivity index (χ3n) is 4.15. The molecule has 0 bridgehead atoms. The highest BCUT2D eigenvalue weighted by Crippen LogP contribution is 2.33. The summed E-state index contributed by atoms with van der Waals surface area (Å²) in [4.78, 5) is 0. The van der Waals surface area contributed by atoms with E-state index < -0.39 is 5.60 Å². The van der Waals surface area contributed by atoms with Gasteiger partial charge in [-0.05, 0) is 17.2 Å². The third-order valence-corrected chi connectivity index (χ3v) is 4.52. The number of benzene rings is 2. The second-order valence-electron chi connectivity index (χ2n) is 5.62. The minimum Gasteiger partial charge on any atom is -0.382 e. The van der Waals surface area contributed by atoms with Crippen LogP contribution < -0.4 is 5.32 Å². The van der Waals surface area contributed by atoms with Crippen LogP contribution in [0.3, 0.4) is 0 Å². The lowest BCUT2D eigenvalue weighted by molar-refractivity contribution is -0.124. The van der Waals surface area contributed by atoms with E-state index in [0.717, 1.165) is 17.7 Å². The van der Waals surface area contributed by atoms with E-state index in [4.69, 9.17) is 16.3 Å². The predicted molar refractivity (Wildman–Crippen MR) is 88.1 cm³/mol. The standard InChI is InChI=1S/C18H20ClNO2/c19-16-9-5-4-6-14(16)12-18(21,15-7-2-1-3-8-15)17-13-20-10-11-22-17/h1-9,17,20-21H,10-13H2/t17-,18+/m0/s1. The Labute approximate surface area is 135 Å². The van der Waals surface area contributed by atoms with Gasteiger partial charge in [-0.15, -0.1) is 0 Å². The van der Waals surface area contributed by atoms with Crippen LogP contribution in [0.4, 0.5) is 0 Å². The molecule has 22 heavy (non-hydrogen) atoms. The zero-order valence-electron chi connectivity index (χ0n) is 12.3. The fourth-order valence-electron chi connectivity index (χ4n) is 2.93. The van der Waals surface area contributed by atoms with Crippen molar-refractivity contribution < 1.29 is 9.84 Å². The van der Waals surface area contributed by atoms with Crippen LogP contribution in [0.5, 0.6) is 0 Å². The van der Waals surface area contributed by atoms with E-state index in [2.05, 4.69) is 5.32 Å². The second-order valence-corrected chi connectivity index (χ2v) is 6.03. The monoisotopic (exact) mass is 317 g/mol. The molecule has 2 aromatic carbocycles. The Morgan fingerprint density at radius 3 is 2.55 bits per heavy atom. The summed E-state index contributed by atoms with van der Waals surface area (Å²) in [6.45, 7) is 2.03. The molecule has 1 heterocycles. The Morgan fingerprint density at radius 1 is 1.14 bits per heavy atom. The first-order chi connectivity index (χ1) is 10.7. The summed E-state index contributed by atoms with van der Waals surface area (Å²) in [6, 6.07) is 17.3. The molecule has 3 rings (SSSR count). The number of morpholine rings is 1. The maximum Gasteiger partial charge on any atom is 0.121 e. The number of hydrogen-bond acceptors (Lipinski definition) is 3. The molecule has 1 fully saturated rings. The summed E-state index contributed by atoms with van der Waals surface area (Å²) in [6.07, 6.45) is 0.114. The van der Waals surface area contributed by atoms with E-state index in [1.807, 2.05) is 54.6 Å². The van der Waals surface area contributed by atoms with Gasteiger partial charge in [0.2, 0.25) is 0 Å². The topological polar surface area (TPSA) is 41.5 Å². The Morgan fingerprint density at radius 2 is 1.86 bits per heavy atom. The fraction of sp³-hybridized carbons (Fsp3) is 0.333. The van der Waals surface area contributed by atoms with Crippen molar-refractivity contribution in [3.63, 3.8) is 0 Å². The molecular formula is C18H20ClNO2. The first kappa shape index (κ1) is 15.5. The smallest absolute Gasteiger partial charge is 0.121 e. The number of hydrogen-bond donors (Lipinski definition) is 2. The second kappa shape index (κ2) is 6.80. The Hall–Kier alpha value is -1.39. The van der Waals surface area contributed by atoms with Gasteiger partial charge >= 0.3 is 0 Å². The minimum absolute atomic E-state index is 0.306. The molecule has 0 unspecified atom stereocenters. The van der Waals surface area contributed by atoms with Gasteiger partial charge in [-0.3, -0.25) is 0 Å². The molecular weight excluding hydrogens is 298 g/mol. The Bertz CT molecular complexity index is 613. The van der Waals surface area contributed by atoms with E-state index in [1.165, 1.54) is 0 Å². The highest BCUT2D eigenvalue weighted by atomic mass is 35.5. The molecule has 116 valence electrons. The van der Waals surface area contributed by atoms with Crippen LogP contribution in [-0.2, 0) is 16.8 Å². The van der Waals surface area contributed by atoms with Gasteiger partial charge in [0, 0.05) is 24.5 Å². The number of aliphatic hydroxyl groups is 1. The molecule has 0 spiro atoms. The number of ether oxygens (including phenoxy) is 1. The normalized spacial score (nSPS) is 21.3. The average Bonchev–Trinajstić information content (AvgIpc) is 2.58. The first-order valence-corrected chi connectivity index (χ1v) is 7.91. The van der Waals surface area contributed by atoms with Crippen molar-refractivity contribution in [1.29, 1.82) is 0 Å². The number of rotatable bonds is 4. The molecule has 2 N–H and O–H groups in total. The van der Waals surface area contributed by atoms with Gasteiger partial charge in [-0.2, -0.15) is 0 Å². The van der Waals surface area contributed by atoms with Crippen molar-refractivity contribution in [3.8, 4) is 0 Å². The Kier molecular flexibility index (Phi) is 4.79. The highest BCUT2D eigenvalue weighted by molar-refractivity contribution is 6.31. The lowest BCUT2D eigenvalue weighted by atomic mass is 9.82. The summed E-state index contributed by atoms with van der Waals surface area (Å²) >= 11 is 6.29.